The Bertz CT molecular complexity index is 331. The Kier molecular flexibility index (Phi) is 4.55. The van der Waals surface area contributed by atoms with Gasteiger partial charge in [-0.15, -0.1) is 0 Å². The summed E-state index contributed by atoms with van der Waals surface area (Å²) in [5.41, 5.74) is 5.73. The van der Waals surface area contributed by atoms with Gasteiger partial charge in [0.2, 0.25) is 0 Å². The predicted molar refractivity (Wildman–Crippen MR) is 72.2 cm³/mol. The van der Waals surface area contributed by atoms with E-state index in [2.05, 4.69) is 59.0 Å². The quantitative estimate of drug-likeness (QED) is 0.814. The van der Waals surface area contributed by atoms with Crippen LogP contribution in [0.3, 0.4) is 0 Å². The first-order chi connectivity index (χ1) is 7.47. The second kappa shape index (κ2) is 5.49. The largest absolute Gasteiger partial charge is 0.314 e. The molecule has 0 aliphatic carbocycles. The molecule has 0 radical (unpaired) electrons. The highest BCUT2D eigenvalue weighted by Crippen LogP contribution is 2.27. The molecule has 0 fully saturated rings. The monoisotopic (exact) mass is 219 g/mol. The Balaban J connectivity index is 3.03. The molecular formula is C15H25N. The van der Waals surface area contributed by atoms with Crippen molar-refractivity contribution in [1.29, 1.82) is 0 Å². The summed E-state index contributed by atoms with van der Waals surface area (Å²) in [4.78, 5) is 0. The zero-order valence-corrected chi connectivity index (χ0v) is 11.5. The summed E-state index contributed by atoms with van der Waals surface area (Å²) in [6.45, 7) is 14.4. The highest BCUT2D eigenvalue weighted by Gasteiger charge is 2.17. The number of benzene rings is 1. The molecule has 1 nitrogen and oxygen atoms in total. The number of aryl methyl sites for hydroxylation is 3. The van der Waals surface area contributed by atoms with Crippen LogP contribution in [0.5, 0.6) is 0 Å². The molecule has 1 aromatic rings. The van der Waals surface area contributed by atoms with Gasteiger partial charge in [-0.3, -0.25) is 0 Å². The van der Waals surface area contributed by atoms with E-state index in [0.717, 1.165) is 6.54 Å². The zero-order chi connectivity index (χ0) is 12.3. The van der Waals surface area contributed by atoms with Crippen LogP contribution in [0.1, 0.15) is 48.9 Å². The summed E-state index contributed by atoms with van der Waals surface area (Å²) < 4.78 is 0. The van der Waals surface area contributed by atoms with Crippen LogP contribution in [-0.2, 0) is 0 Å². The second-order valence-corrected chi connectivity index (χ2v) is 4.95. The first-order valence-corrected chi connectivity index (χ1v) is 6.28. The van der Waals surface area contributed by atoms with E-state index in [1.165, 1.54) is 22.3 Å². The van der Waals surface area contributed by atoms with Crippen molar-refractivity contribution in [2.24, 2.45) is 0 Å². The lowest BCUT2D eigenvalue weighted by atomic mass is 9.86. The van der Waals surface area contributed by atoms with E-state index < -0.39 is 0 Å². The van der Waals surface area contributed by atoms with Crippen molar-refractivity contribution in [2.45, 2.75) is 53.5 Å². The first-order valence-electron chi connectivity index (χ1n) is 6.28. The van der Waals surface area contributed by atoms with E-state index in [9.17, 15) is 0 Å². The van der Waals surface area contributed by atoms with E-state index in [0.29, 0.717) is 12.0 Å². The number of rotatable bonds is 4. The molecule has 0 heterocycles. The highest BCUT2D eigenvalue weighted by atomic mass is 14.9. The lowest BCUT2D eigenvalue weighted by molar-refractivity contribution is 0.492. The van der Waals surface area contributed by atoms with Crippen LogP contribution in [-0.4, -0.2) is 12.6 Å². The van der Waals surface area contributed by atoms with E-state index >= 15 is 0 Å². The minimum Gasteiger partial charge on any atom is -0.314 e. The molecule has 0 spiro atoms. The number of nitrogens with one attached hydrogen (secondary N) is 1. The van der Waals surface area contributed by atoms with Crippen molar-refractivity contribution in [2.75, 3.05) is 6.54 Å². The Morgan fingerprint density at radius 1 is 1.06 bits per heavy atom. The van der Waals surface area contributed by atoms with Gasteiger partial charge in [0.05, 0.1) is 0 Å². The zero-order valence-electron chi connectivity index (χ0n) is 11.5. The summed E-state index contributed by atoms with van der Waals surface area (Å²) in [5, 5.41) is 3.51. The number of hydrogen-bond donors (Lipinski definition) is 1. The van der Waals surface area contributed by atoms with Crippen molar-refractivity contribution in [1.82, 2.24) is 5.32 Å². The molecule has 0 aliphatic rings. The molecule has 0 saturated carbocycles. The predicted octanol–water partition coefficient (Wildman–Crippen LogP) is 3.71. The fraction of sp³-hybridized carbons (Fsp3) is 0.600. The maximum Gasteiger partial charge on any atom is 0.0105 e. The molecule has 0 aromatic heterocycles. The van der Waals surface area contributed by atoms with E-state index in [-0.39, 0.29) is 0 Å². The summed E-state index contributed by atoms with van der Waals surface area (Å²) in [6, 6.07) is 5.11. The van der Waals surface area contributed by atoms with Gasteiger partial charge >= 0.3 is 0 Å². The van der Waals surface area contributed by atoms with Gasteiger partial charge in [-0.2, -0.15) is 0 Å². The van der Waals surface area contributed by atoms with Gasteiger partial charge in [-0.1, -0.05) is 31.5 Å². The standard InChI is InChI=1S/C15H25N/c1-7-16-14(6)13(5)15-11(3)8-10(2)9-12(15)4/h8-9,13-14,16H,7H2,1-6H3. The molecule has 1 heteroatoms. The molecule has 90 valence electrons. The van der Waals surface area contributed by atoms with Crippen molar-refractivity contribution in [3.8, 4) is 0 Å². The van der Waals surface area contributed by atoms with Crippen LogP contribution in [0.15, 0.2) is 12.1 Å². The maximum absolute atomic E-state index is 3.51. The van der Waals surface area contributed by atoms with Gasteiger partial charge in [0.1, 0.15) is 0 Å². The molecule has 0 bridgehead atoms. The van der Waals surface area contributed by atoms with Crippen LogP contribution < -0.4 is 5.32 Å². The highest BCUT2D eigenvalue weighted by molar-refractivity contribution is 5.40. The third kappa shape index (κ3) is 2.85. The average Bonchev–Trinajstić information content (AvgIpc) is 2.16. The number of likely N-dealkylation sites (N-methyl/N-ethyl adjacent to an activating group) is 1. The summed E-state index contributed by atoms with van der Waals surface area (Å²) in [5.74, 6) is 0.570. The normalized spacial score (nSPS) is 14.9. The van der Waals surface area contributed by atoms with Gasteiger partial charge in [0, 0.05) is 6.04 Å². The SMILES string of the molecule is CCNC(C)C(C)c1c(C)cc(C)cc1C. The Morgan fingerprint density at radius 3 is 2.00 bits per heavy atom. The molecule has 2 atom stereocenters. The fourth-order valence-electron chi connectivity index (χ4n) is 2.66. The third-order valence-electron chi connectivity index (χ3n) is 3.47. The summed E-state index contributed by atoms with van der Waals surface area (Å²) >= 11 is 0. The van der Waals surface area contributed by atoms with Crippen molar-refractivity contribution < 1.29 is 0 Å². The lowest BCUT2D eigenvalue weighted by Crippen LogP contribution is -2.31. The molecule has 0 amide bonds. The van der Waals surface area contributed by atoms with Crippen LogP contribution in [0.2, 0.25) is 0 Å². The molecule has 1 aromatic carbocycles. The third-order valence-corrected chi connectivity index (χ3v) is 3.47. The molecule has 0 saturated heterocycles. The van der Waals surface area contributed by atoms with E-state index in [1.54, 1.807) is 0 Å². The van der Waals surface area contributed by atoms with Gasteiger partial charge in [0.25, 0.3) is 0 Å². The van der Waals surface area contributed by atoms with Gasteiger partial charge < -0.3 is 5.32 Å². The molecular weight excluding hydrogens is 194 g/mol. The Morgan fingerprint density at radius 2 is 1.56 bits per heavy atom. The van der Waals surface area contributed by atoms with Gasteiger partial charge in [-0.25, -0.2) is 0 Å². The molecule has 2 unspecified atom stereocenters. The van der Waals surface area contributed by atoms with E-state index in [4.69, 9.17) is 0 Å². The number of hydrogen-bond acceptors (Lipinski definition) is 1. The fourth-order valence-corrected chi connectivity index (χ4v) is 2.66. The van der Waals surface area contributed by atoms with Gasteiger partial charge in [-0.05, 0) is 56.8 Å². The van der Waals surface area contributed by atoms with Crippen LogP contribution in [0, 0.1) is 20.8 Å². The molecule has 16 heavy (non-hydrogen) atoms. The Labute approximate surface area is 100 Å². The minimum absolute atomic E-state index is 0.533. The summed E-state index contributed by atoms with van der Waals surface area (Å²) in [6.07, 6.45) is 0. The van der Waals surface area contributed by atoms with Crippen LogP contribution in [0.4, 0.5) is 0 Å². The topological polar surface area (TPSA) is 12.0 Å². The molecule has 1 rings (SSSR count). The van der Waals surface area contributed by atoms with Crippen molar-refractivity contribution >= 4 is 0 Å². The van der Waals surface area contributed by atoms with Crippen molar-refractivity contribution in [3.05, 3.63) is 34.4 Å². The molecule has 0 aliphatic heterocycles. The van der Waals surface area contributed by atoms with Crippen LogP contribution >= 0.6 is 0 Å². The Hall–Kier alpha value is -0.820. The van der Waals surface area contributed by atoms with E-state index in [1.807, 2.05) is 0 Å². The van der Waals surface area contributed by atoms with Crippen LogP contribution in [0.25, 0.3) is 0 Å². The van der Waals surface area contributed by atoms with Gasteiger partial charge in [0.15, 0.2) is 0 Å². The smallest absolute Gasteiger partial charge is 0.0105 e. The molecule has 1 N–H and O–H groups in total. The van der Waals surface area contributed by atoms with Crippen molar-refractivity contribution in [3.63, 3.8) is 0 Å². The minimum atomic E-state index is 0.533. The first kappa shape index (κ1) is 13.2. The average molecular weight is 219 g/mol. The maximum atomic E-state index is 3.51. The second-order valence-electron chi connectivity index (χ2n) is 4.95. The lowest BCUT2D eigenvalue weighted by Gasteiger charge is -2.25. The summed E-state index contributed by atoms with van der Waals surface area (Å²) in [7, 11) is 0.